The molecule has 0 radical (unpaired) electrons. The summed E-state index contributed by atoms with van der Waals surface area (Å²) in [6.45, 7) is 0.980. The maximum Gasteiger partial charge on any atom is 0.230 e. The van der Waals surface area contributed by atoms with Gasteiger partial charge in [-0.25, -0.2) is 14.4 Å². The van der Waals surface area contributed by atoms with Crippen LogP contribution >= 0.6 is 11.8 Å². The molecule has 2 aliphatic rings. The van der Waals surface area contributed by atoms with E-state index in [0.717, 1.165) is 70.8 Å². The molecule has 0 aliphatic carbocycles. The number of benzene rings is 1. The van der Waals surface area contributed by atoms with E-state index in [2.05, 4.69) is 15.3 Å². The van der Waals surface area contributed by atoms with E-state index < -0.39 is 0 Å². The highest BCUT2D eigenvalue weighted by Crippen LogP contribution is 2.42. The lowest BCUT2D eigenvalue weighted by Gasteiger charge is -2.24. The maximum absolute atomic E-state index is 13.5. The number of nitrogens with one attached hydrogen (secondary N) is 1. The first-order valence-electron chi connectivity index (χ1n) is 10.4. The predicted molar refractivity (Wildman–Crippen MR) is 120 cm³/mol. The summed E-state index contributed by atoms with van der Waals surface area (Å²) in [4.78, 5) is 8.98. The number of rotatable bonds is 4. The number of halogens is 1. The van der Waals surface area contributed by atoms with Crippen LogP contribution in [0.2, 0.25) is 0 Å². The molecule has 1 N–H and O–H groups in total. The van der Waals surface area contributed by atoms with Crippen molar-refractivity contribution < 1.29 is 8.81 Å². The molecule has 1 aromatic carbocycles. The van der Waals surface area contributed by atoms with E-state index in [4.69, 9.17) is 9.52 Å². The smallest absolute Gasteiger partial charge is 0.230 e. The van der Waals surface area contributed by atoms with Crippen molar-refractivity contribution in [3.63, 3.8) is 0 Å². The average Bonchev–Trinajstić information content (AvgIpc) is 3.38. The zero-order valence-electron chi connectivity index (χ0n) is 16.7. The Kier molecular flexibility index (Phi) is 4.52. The minimum atomic E-state index is -0.266. The summed E-state index contributed by atoms with van der Waals surface area (Å²) in [7, 11) is 0. The second kappa shape index (κ2) is 7.53. The maximum atomic E-state index is 13.5. The van der Waals surface area contributed by atoms with Crippen molar-refractivity contribution in [1.29, 1.82) is 0 Å². The van der Waals surface area contributed by atoms with Gasteiger partial charge in [0.15, 0.2) is 0 Å². The summed E-state index contributed by atoms with van der Waals surface area (Å²) < 4.78 is 21.6. The Labute approximate surface area is 182 Å². The Hall–Kier alpha value is -3.13. The van der Waals surface area contributed by atoms with E-state index in [0.29, 0.717) is 11.1 Å². The fraction of sp³-hybridized carbons (Fsp3) is 0.261. The van der Waals surface area contributed by atoms with Gasteiger partial charge in [-0.3, -0.25) is 4.68 Å². The second-order valence-corrected chi connectivity index (χ2v) is 9.06. The molecule has 1 fully saturated rings. The lowest BCUT2D eigenvalue weighted by Crippen LogP contribution is -2.15. The van der Waals surface area contributed by atoms with Gasteiger partial charge in [0.25, 0.3) is 0 Å². The highest BCUT2D eigenvalue weighted by molar-refractivity contribution is 8.00. The molecule has 156 valence electrons. The molecule has 0 saturated carbocycles. The van der Waals surface area contributed by atoms with E-state index in [9.17, 15) is 4.39 Å². The molecule has 1 atom stereocenters. The van der Waals surface area contributed by atoms with Crippen LogP contribution in [0.15, 0.2) is 53.5 Å². The number of thioether (sulfide) groups is 1. The lowest BCUT2D eigenvalue weighted by molar-refractivity contribution is 0.563. The van der Waals surface area contributed by atoms with E-state index in [1.54, 1.807) is 12.1 Å². The van der Waals surface area contributed by atoms with Crippen molar-refractivity contribution in [2.75, 3.05) is 12.3 Å². The van der Waals surface area contributed by atoms with Gasteiger partial charge in [-0.1, -0.05) is 0 Å². The molecule has 0 spiro atoms. The Morgan fingerprint density at radius 2 is 2.03 bits per heavy atom. The number of nitrogens with zero attached hydrogens (tertiary/aromatic N) is 4. The second-order valence-electron chi connectivity index (χ2n) is 7.77. The van der Waals surface area contributed by atoms with E-state index in [-0.39, 0.29) is 5.82 Å². The molecule has 0 bridgehead atoms. The van der Waals surface area contributed by atoms with Crippen molar-refractivity contribution in [2.45, 2.75) is 24.6 Å². The van der Waals surface area contributed by atoms with Gasteiger partial charge in [0, 0.05) is 35.6 Å². The summed E-state index contributed by atoms with van der Waals surface area (Å²) in [6.07, 6.45) is 8.72. The molecule has 6 nitrogen and oxygen atoms in total. The minimum Gasteiger partial charge on any atom is -0.438 e. The first-order valence-corrected chi connectivity index (χ1v) is 11.5. The monoisotopic (exact) mass is 433 g/mol. The molecule has 8 heteroatoms. The highest BCUT2D eigenvalue weighted by Gasteiger charge is 2.26. The van der Waals surface area contributed by atoms with Crippen molar-refractivity contribution in [2.24, 2.45) is 0 Å². The van der Waals surface area contributed by atoms with Crippen LogP contribution in [0.3, 0.4) is 0 Å². The Bertz CT molecular complexity index is 1290. The Morgan fingerprint density at radius 1 is 1.16 bits per heavy atom. The average molecular weight is 434 g/mol. The van der Waals surface area contributed by atoms with Gasteiger partial charge >= 0.3 is 0 Å². The number of hydrogen-bond acceptors (Lipinski definition) is 6. The molecule has 1 unspecified atom stereocenters. The first kappa shape index (κ1) is 18.6. The lowest BCUT2D eigenvalue weighted by atomic mass is 10.0. The van der Waals surface area contributed by atoms with Crippen molar-refractivity contribution in [3.05, 3.63) is 60.6 Å². The molecule has 4 aromatic rings. The molecule has 5 heterocycles. The van der Waals surface area contributed by atoms with Crippen LogP contribution in [0.4, 0.5) is 4.39 Å². The molecular weight excluding hydrogens is 413 g/mol. The summed E-state index contributed by atoms with van der Waals surface area (Å²) in [5.74, 6) is 1.68. The number of allylic oxidation sites excluding steroid dienone is 1. The summed E-state index contributed by atoms with van der Waals surface area (Å²) >= 11 is 1.87. The number of furan rings is 1. The first-order chi connectivity index (χ1) is 15.3. The third-order valence-corrected chi connectivity index (χ3v) is 7.07. The quantitative estimate of drug-likeness (QED) is 0.474. The predicted octanol–water partition coefficient (Wildman–Crippen LogP) is 5.25. The molecule has 0 amide bonds. The zero-order valence-corrected chi connectivity index (χ0v) is 17.5. The highest BCUT2D eigenvalue weighted by atomic mass is 32.2. The fourth-order valence-electron chi connectivity index (χ4n) is 4.04. The van der Waals surface area contributed by atoms with E-state index >= 15 is 0 Å². The van der Waals surface area contributed by atoms with E-state index in [1.165, 1.54) is 18.5 Å². The van der Waals surface area contributed by atoms with Gasteiger partial charge in [-0.15, -0.1) is 11.8 Å². The molecule has 3 aromatic heterocycles. The normalized spacial score (nSPS) is 18.5. The fourth-order valence-corrected chi connectivity index (χ4v) is 4.74. The standard InChI is InChI=1S/C23H20FN5OS/c24-16-5-3-14(4-6-16)21-18(12-29(28-21)20-7-9-31-20)22-17-10-19(15-2-1-8-25-11-15)30-23(17)27-13-26-22/h3-6,10-13,20,25H,1-2,7-9H2. The Balaban J connectivity index is 1.51. The molecular formula is C23H20FN5OS. The Morgan fingerprint density at radius 3 is 2.77 bits per heavy atom. The summed E-state index contributed by atoms with van der Waals surface area (Å²) in [6, 6.07) is 8.47. The van der Waals surface area contributed by atoms with Crippen molar-refractivity contribution in [3.8, 4) is 22.5 Å². The van der Waals surface area contributed by atoms with Gasteiger partial charge in [-0.2, -0.15) is 5.10 Å². The number of fused-ring (bicyclic) bond motifs is 1. The van der Waals surface area contributed by atoms with Gasteiger partial charge in [-0.05, 0) is 55.3 Å². The molecule has 6 rings (SSSR count). The van der Waals surface area contributed by atoms with Crippen LogP contribution in [0.25, 0.3) is 39.2 Å². The van der Waals surface area contributed by atoms with Crippen LogP contribution in [0.1, 0.15) is 30.4 Å². The van der Waals surface area contributed by atoms with Crippen molar-refractivity contribution >= 4 is 28.4 Å². The van der Waals surface area contributed by atoms with Crippen molar-refractivity contribution in [1.82, 2.24) is 25.1 Å². The van der Waals surface area contributed by atoms with Crippen LogP contribution in [0, 0.1) is 5.82 Å². The third kappa shape index (κ3) is 3.31. The summed E-state index contributed by atoms with van der Waals surface area (Å²) in [5.41, 5.74) is 5.01. The topological polar surface area (TPSA) is 68.8 Å². The van der Waals surface area contributed by atoms with Gasteiger partial charge in [0.2, 0.25) is 5.71 Å². The van der Waals surface area contributed by atoms with E-state index in [1.807, 2.05) is 34.9 Å². The SMILES string of the molecule is Fc1ccc(-c2nn(C3CCS3)cc2-c2ncnc3oc(C4=CNCCC4)cc23)cc1. The van der Waals surface area contributed by atoms with Gasteiger partial charge in [0.05, 0.1) is 16.5 Å². The zero-order chi connectivity index (χ0) is 20.8. The van der Waals surface area contributed by atoms with Crippen LogP contribution in [-0.2, 0) is 0 Å². The van der Waals surface area contributed by atoms with Crippen LogP contribution in [-0.4, -0.2) is 32.0 Å². The third-order valence-electron chi connectivity index (χ3n) is 5.76. The number of aromatic nitrogens is 4. The molecule has 1 saturated heterocycles. The molecule has 31 heavy (non-hydrogen) atoms. The summed E-state index contributed by atoms with van der Waals surface area (Å²) in [5, 5.41) is 9.33. The molecule has 2 aliphatic heterocycles. The minimum absolute atomic E-state index is 0.266. The largest absolute Gasteiger partial charge is 0.438 e. The van der Waals surface area contributed by atoms with Crippen LogP contribution in [0.5, 0.6) is 0 Å². The van der Waals surface area contributed by atoms with Gasteiger partial charge < -0.3 is 9.73 Å². The van der Waals surface area contributed by atoms with Gasteiger partial charge in [0.1, 0.15) is 23.6 Å². The number of hydrogen-bond donors (Lipinski definition) is 1. The van der Waals surface area contributed by atoms with Crippen LogP contribution < -0.4 is 5.32 Å².